The van der Waals surface area contributed by atoms with Crippen molar-refractivity contribution in [2.24, 2.45) is 5.92 Å². The third kappa shape index (κ3) is 5.48. The summed E-state index contributed by atoms with van der Waals surface area (Å²) in [5.41, 5.74) is 2.86. The number of nitrogens with zero attached hydrogens (tertiary/aromatic N) is 1. The molecule has 10 heteroatoms. The normalized spacial score (nSPS) is 22.9. The van der Waals surface area contributed by atoms with Crippen LogP contribution in [0.1, 0.15) is 41.7 Å². The Bertz CT molecular complexity index is 1150. The van der Waals surface area contributed by atoms with Gasteiger partial charge in [0.05, 0.1) is 17.5 Å². The van der Waals surface area contributed by atoms with Gasteiger partial charge in [-0.25, -0.2) is 8.42 Å². The first-order valence-corrected chi connectivity index (χ1v) is 13.3. The number of hydrogen-bond donors (Lipinski definition) is 1. The van der Waals surface area contributed by atoms with Gasteiger partial charge in [0.2, 0.25) is 5.91 Å². The number of methoxy groups -OCH3 is 1. The Labute approximate surface area is 203 Å². The highest BCUT2D eigenvalue weighted by atomic mass is 32.2. The van der Waals surface area contributed by atoms with Gasteiger partial charge in [-0.2, -0.15) is 13.2 Å². The van der Waals surface area contributed by atoms with Crippen LogP contribution in [0.2, 0.25) is 0 Å². The van der Waals surface area contributed by atoms with Crippen molar-refractivity contribution in [1.82, 2.24) is 4.90 Å². The number of halogens is 3. The van der Waals surface area contributed by atoms with E-state index >= 15 is 0 Å². The van der Waals surface area contributed by atoms with Gasteiger partial charge in [0.25, 0.3) is 0 Å². The van der Waals surface area contributed by atoms with E-state index in [0.29, 0.717) is 10.6 Å². The molecule has 0 radical (unpaired) electrons. The first-order valence-electron chi connectivity index (χ1n) is 11.5. The number of fused-ring (bicyclic) bond motifs is 1. The van der Waals surface area contributed by atoms with Crippen LogP contribution in [0.4, 0.5) is 18.9 Å². The molecule has 1 fully saturated rings. The molecule has 2 aromatic rings. The number of alkyl halides is 3. The maximum absolute atomic E-state index is 14.1. The molecule has 190 valence electrons. The van der Waals surface area contributed by atoms with Crippen LogP contribution in [-0.4, -0.2) is 57.1 Å². The number of carbonyl (C=O) groups excluding carboxylic acids is 1. The van der Waals surface area contributed by atoms with E-state index in [1.165, 1.54) is 17.7 Å². The molecule has 2 aromatic carbocycles. The van der Waals surface area contributed by atoms with Crippen LogP contribution >= 0.6 is 0 Å². The van der Waals surface area contributed by atoms with Crippen molar-refractivity contribution in [3.63, 3.8) is 0 Å². The van der Waals surface area contributed by atoms with Crippen LogP contribution in [0.3, 0.4) is 0 Å². The molecular formula is C25H29F3N2O4S. The molecule has 0 saturated carbocycles. The Morgan fingerprint density at radius 2 is 1.71 bits per heavy atom. The second-order valence-electron chi connectivity index (χ2n) is 9.25. The predicted molar refractivity (Wildman–Crippen MR) is 127 cm³/mol. The summed E-state index contributed by atoms with van der Waals surface area (Å²) in [6, 6.07) is 11.7. The van der Waals surface area contributed by atoms with Gasteiger partial charge in [-0.1, -0.05) is 36.4 Å². The van der Waals surface area contributed by atoms with Gasteiger partial charge in [0, 0.05) is 25.8 Å². The highest BCUT2D eigenvalue weighted by Gasteiger charge is 2.46. The van der Waals surface area contributed by atoms with Gasteiger partial charge < -0.3 is 15.0 Å². The third-order valence-electron chi connectivity index (χ3n) is 6.95. The number of amides is 1. The van der Waals surface area contributed by atoms with Crippen molar-refractivity contribution in [3.8, 4) is 0 Å². The zero-order valence-corrected chi connectivity index (χ0v) is 20.4. The quantitative estimate of drug-likeness (QED) is 0.627. The van der Waals surface area contributed by atoms with E-state index < -0.39 is 33.9 Å². The number of sulfone groups is 1. The lowest BCUT2D eigenvalue weighted by Gasteiger charge is -2.34. The largest absolute Gasteiger partial charge is 0.413 e. The molecule has 35 heavy (non-hydrogen) atoms. The van der Waals surface area contributed by atoms with Crippen molar-refractivity contribution < 1.29 is 31.1 Å². The maximum atomic E-state index is 14.1. The number of rotatable bonds is 6. The summed E-state index contributed by atoms with van der Waals surface area (Å²) in [6.07, 6.45) is -4.03. The first kappa shape index (κ1) is 25.5. The predicted octanol–water partition coefficient (Wildman–Crippen LogP) is 4.30. The summed E-state index contributed by atoms with van der Waals surface area (Å²) in [5.74, 6) is -1.77. The van der Waals surface area contributed by atoms with Gasteiger partial charge >= 0.3 is 6.18 Å². The van der Waals surface area contributed by atoms with Crippen molar-refractivity contribution in [2.75, 3.05) is 31.0 Å². The Morgan fingerprint density at radius 3 is 2.31 bits per heavy atom. The minimum atomic E-state index is -4.69. The molecule has 2 aliphatic rings. The Morgan fingerprint density at radius 1 is 1.09 bits per heavy atom. The minimum absolute atomic E-state index is 0.0450. The Hall–Kier alpha value is -2.59. The van der Waals surface area contributed by atoms with Gasteiger partial charge in [-0.3, -0.25) is 4.79 Å². The number of hydrogen-bond acceptors (Lipinski definition) is 5. The van der Waals surface area contributed by atoms with E-state index in [9.17, 15) is 26.4 Å². The van der Waals surface area contributed by atoms with Gasteiger partial charge in [-0.15, -0.1) is 0 Å². The van der Waals surface area contributed by atoms with Gasteiger partial charge in [-0.05, 0) is 48.1 Å². The topological polar surface area (TPSA) is 75.7 Å². The lowest BCUT2D eigenvalue weighted by molar-refractivity contribution is -0.190. The average Bonchev–Trinajstić information content (AvgIpc) is 3.15. The third-order valence-corrected chi connectivity index (χ3v) is 8.66. The molecule has 0 spiro atoms. The summed E-state index contributed by atoms with van der Waals surface area (Å²) < 4.78 is 71.1. The van der Waals surface area contributed by atoms with Crippen LogP contribution in [0.15, 0.2) is 48.5 Å². The van der Waals surface area contributed by atoms with E-state index in [-0.39, 0.29) is 42.1 Å². The summed E-state index contributed by atoms with van der Waals surface area (Å²) in [7, 11) is -0.457. The van der Waals surface area contributed by atoms with Gasteiger partial charge in [0.1, 0.15) is 15.9 Å². The molecule has 2 unspecified atom stereocenters. The van der Waals surface area contributed by atoms with Crippen LogP contribution in [0.25, 0.3) is 0 Å². The standard InChI is InChI=1S/C25H29F3N2O4S/c1-30(24(31)17-11-13-35(32,33)14-12-17)23(25(26,27)28)16-7-9-19(10-8-16)29-21-15-18-5-3-4-6-20(18)22(21)34-2/h3-10,17,21-23,29H,11-15H2,1-2H3/t21?,22?,23-/m0/s1. The van der Waals surface area contributed by atoms with Crippen LogP contribution in [0, 0.1) is 5.92 Å². The first-order chi connectivity index (χ1) is 16.5. The molecule has 0 bridgehead atoms. The van der Waals surface area contributed by atoms with Crippen molar-refractivity contribution in [2.45, 2.75) is 43.6 Å². The summed E-state index contributed by atoms with van der Waals surface area (Å²) in [6.45, 7) is 0. The molecule has 1 saturated heterocycles. The van der Waals surface area contributed by atoms with E-state index in [2.05, 4.69) is 5.32 Å². The number of ether oxygens (including phenoxy) is 1. The number of anilines is 1. The fraction of sp³-hybridized carbons (Fsp3) is 0.480. The molecule has 1 amide bonds. The fourth-order valence-electron chi connectivity index (χ4n) is 5.14. The minimum Gasteiger partial charge on any atom is -0.379 e. The van der Waals surface area contributed by atoms with Crippen LogP contribution in [0.5, 0.6) is 0 Å². The summed E-state index contributed by atoms with van der Waals surface area (Å²) >= 11 is 0. The molecule has 1 heterocycles. The highest BCUT2D eigenvalue weighted by Crippen LogP contribution is 2.40. The van der Waals surface area contributed by atoms with Crippen LogP contribution in [-0.2, 0) is 25.8 Å². The van der Waals surface area contributed by atoms with Crippen molar-refractivity contribution in [3.05, 3.63) is 65.2 Å². The number of nitrogens with one attached hydrogen (secondary N) is 1. The SMILES string of the molecule is COC1c2ccccc2CC1Nc1ccc([C@H](N(C)C(=O)C2CCS(=O)(=O)CC2)C(F)(F)F)cc1. The fourth-order valence-corrected chi connectivity index (χ4v) is 6.63. The second-order valence-corrected chi connectivity index (χ2v) is 11.6. The molecule has 1 N–H and O–H groups in total. The zero-order chi connectivity index (χ0) is 25.4. The number of carbonyl (C=O) groups is 1. The van der Waals surface area contributed by atoms with E-state index in [1.807, 2.05) is 24.3 Å². The van der Waals surface area contributed by atoms with E-state index in [1.54, 1.807) is 19.2 Å². The van der Waals surface area contributed by atoms with Crippen molar-refractivity contribution in [1.29, 1.82) is 0 Å². The average molecular weight is 511 g/mol. The molecule has 1 aliphatic carbocycles. The summed E-state index contributed by atoms with van der Waals surface area (Å²) in [5, 5.41) is 3.36. The van der Waals surface area contributed by atoms with Gasteiger partial charge in [0.15, 0.2) is 6.04 Å². The zero-order valence-electron chi connectivity index (χ0n) is 19.6. The molecule has 4 rings (SSSR count). The maximum Gasteiger partial charge on any atom is 0.413 e. The Balaban J connectivity index is 1.49. The van der Waals surface area contributed by atoms with Crippen LogP contribution < -0.4 is 5.32 Å². The highest BCUT2D eigenvalue weighted by molar-refractivity contribution is 7.91. The van der Waals surface area contributed by atoms with E-state index in [4.69, 9.17) is 4.74 Å². The lowest BCUT2D eigenvalue weighted by atomic mass is 9.98. The molecule has 3 atom stereocenters. The Kier molecular flexibility index (Phi) is 7.15. The monoisotopic (exact) mass is 510 g/mol. The van der Waals surface area contributed by atoms with Crippen molar-refractivity contribution >= 4 is 21.4 Å². The molecule has 0 aromatic heterocycles. The molecule has 1 aliphatic heterocycles. The molecular weight excluding hydrogens is 481 g/mol. The molecule has 6 nitrogen and oxygen atoms in total. The second kappa shape index (κ2) is 9.81. The lowest BCUT2D eigenvalue weighted by Crippen LogP contribution is -2.44. The number of benzene rings is 2. The smallest absolute Gasteiger partial charge is 0.379 e. The van der Waals surface area contributed by atoms with E-state index in [0.717, 1.165) is 19.0 Å². The summed E-state index contributed by atoms with van der Waals surface area (Å²) in [4.78, 5) is 13.6.